The van der Waals surface area contributed by atoms with Gasteiger partial charge in [0.15, 0.2) is 46.6 Å². The molecule has 3 fully saturated rings. The van der Waals surface area contributed by atoms with Gasteiger partial charge in [0.1, 0.15) is 17.6 Å². The molecule has 1 aromatic rings. The van der Waals surface area contributed by atoms with Crippen molar-refractivity contribution in [2.75, 3.05) is 39.8 Å². The molecule has 3 aliphatic rings. The van der Waals surface area contributed by atoms with Gasteiger partial charge in [-0.05, 0) is 146 Å². The molecule has 40 nitrogen and oxygen atoms in total. The molecular formula is C94H156N18O22. The van der Waals surface area contributed by atoms with Crippen LogP contribution in [0, 0.1) is 57.7 Å². The average Bonchev–Trinajstić information content (AvgIpc) is 1.62. The van der Waals surface area contributed by atoms with Gasteiger partial charge in [0.05, 0.1) is 78.7 Å². The second kappa shape index (κ2) is 59.4. The van der Waals surface area contributed by atoms with E-state index in [1.54, 1.807) is 32.9 Å². The lowest BCUT2D eigenvalue weighted by molar-refractivity contribution is -0.145. The van der Waals surface area contributed by atoms with Crippen LogP contribution in [0.1, 0.15) is 286 Å². The lowest BCUT2D eigenvalue weighted by Gasteiger charge is -2.33. The van der Waals surface area contributed by atoms with E-state index in [1.807, 2.05) is 20.8 Å². The van der Waals surface area contributed by atoms with Crippen molar-refractivity contribution in [2.45, 2.75) is 342 Å². The minimum Gasteiger partial charge on any atom is -0.481 e. The first kappa shape index (κ1) is 118. The molecule has 134 heavy (non-hydrogen) atoms. The Morgan fingerprint density at radius 3 is 1.52 bits per heavy atom. The third-order valence-corrected chi connectivity index (χ3v) is 25.7. The van der Waals surface area contributed by atoms with E-state index in [0.29, 0.717) is 44.2 Å². The summed E-state index contributed by atoms with van der Waals surface area (Å²) in [7, 11) is 1.51. The van der Waals surface area contributed by atoms with Crippen LogP contribution < -0.4 is 77.8 Å². The summed E-state index contributed by atoms with van der Waals surface area (Å²) in [6, 6.07) is -4.52. The predicted octanol–water partition coefficient (Wildman–Crippen LogP) is 1.89. The Kier molecular flexibility index (Phi) is 52.2. The lowest BCUT2D eigenvalue weighted by Crippen LogP contribution is -2.52. The highest BCUT2D eigenvalue weighted by Crippen LogP contribution is 2.36. The number of carboxylic acids is 1. The molecule has 0 spiro atoms. The van der Waals surface area contributed by atoms with Gasteiger partial charge in [-0.2, -0.15) is 0 Å². The van der Waals surface area contributed by atoms with E-state index in [-0.39, 0.29) is 145 Å². The minimum absolute atomic E-state index is 0.0359. The number of nitrogens with one attached hydrogen (secondary N) is 6. The van der Waals surface area contributed by atoms with Crippen LogP contribution in [0.25, 0.3) is 0 Å². The van der Waals surface area contributed by atoms with Gasteiger partial charge in [-0.25, -0.2) is 0 Å². The molecule has 1 saturated heterocycles. The number of Topliss-reactive ketones (excluding diaryl/α,β-unsaturated/α-hetero) is 8. The SMILES string of the molecule is CC[C@](C)(CC(=O)[C@H]1C[C@H](O)CN1C(=O)[C@H](CO)CC(=O)CCC(=O)O)C(=O)N[C@@H](Cc1ccncc1)C(=O)C[C@@H](CC1CCCCC1)C(=O)N[C@@H](CC(C)(C)C)C(=O)C[C@@H](CC(N)=O)C(=O)N[C@@H](CCCCN)C(=O)CC(C)(C)C(C)=O.CN[C@H](C(=O)C[C@@H](CCCN=C(N)N)C(=O)N[C@@H](CCC(N)=O)C(=O)C[C@@H](CCCN=C(N)N)C(=O)N[C@@H](CC1CCCCC1)C(N)=O)[C@@H](C)O. The molecule has 0 bridgehead atoms. The molecule has 4 rings (SSSR count). The standard InChI is InChI=1S/C61H95N7O15.C33H61N11O7/c1-9-61(8,34-52(76)48-31-44(72)35-68(48)57(82)42(36-69)27-43(71)18-19-54(78)79)58(83)67-46(26-39-20-23-64-24-21-39)49(73)28-40(25-38-15-11-10-12-16-38)55(80)66-47(32-59(3,4)5)50(74)29-41(30-53(63)77)56(81)65-45(17-13-14-22-62)51(75)33-60(6,7)37(2)70;1-19(45)28(40-2)26(47)18-22(11-7-15-42-33(38)39)30(50)43-23(12-13-27(34)48)25(46)17-21(10-6-14-41-32(36)37)31(51)44-24(29(35)49)16-20-8-4-3-5-9-20/h20-21,23-24,38,40-42,44-48,69,72H,9-19,22,25-36,62H2,1-8H3,(H2,63,77)(H,65,81)(H,66,80)(H,67,83)(H,78,79);19-24,28,40,45H,3-18H2,1-2H3,(H2,34,48)(H2,35,49)(H,43,50)(H,44,51)(H4,36,37,41)(H4,38,39,42)/t40-,41+,42+,44+,45+,46+,47+,48-,61-;19-,21-,22-,23+,24+,28+/m11/s1. The topological polar surface area (TPSA) is 709 Å². The second-order valence-electron chi connectivity index (χ2n) is 38.9. The van der Waals surface area contributed by atoms with Crippen LogP contribution in [-0.2, 0) is 92.7 Å². The number of carboxylic acid groups (broad SMARTS) is 1. The summed E-state index contributed by atoms with van der Waals surface area (Å²) < 4.78 is 0. The molecule has 0 radical (unpaired) electrons. The number of hydrogen-bond acceptors (Lipinski definition) is 26. The number of likely N-dealkylation sites (tertiary alicyclic amines) is 1. The number of hydrogen-bond donors (Lipinski definition) is 18. The highest BCUT2D eigenvalue weighted by molar-refractivity contribution is 6.01. The first-order chi connectivity index (χ1) is 62.9. The quantitative estimate of drug-likeness (QED) is 0.0251. The van der Waals surface area contributed by atoms with Crippen molar-refractivity contribution in [1.29, 1.82) is 0 Å². The number of likely N-dealkylation sites (N-methyl/N-ethyl adjacent to an activating group) is 1. The Bertz CT molecular complexity index is 4140. The number of amides is 9. The van der Waals surface area contributed by atoms with Crippen molar-refractivity contribution in [1.82, 2.24) is 41.8 Å². The van der Waals surface area contributed by atoms with Gasteiger partial charge in [0.25, 0.3) is 0 Å². The third kappa shape index (κ3) is 43.9. The number of nitrogens with two attached hydrogens (primary N) is 8. The van der Waals surface area contributed by atoms with E-state index in [2.05, 4.69) is 46.9 Å². The van der Waals surface area contributed by atoms with E-state index in [9.17, 15) is 102 Å². The van der Waals surface area contributed by atoms with Crippen LogP contribution in [-0.4, -0.2) is 242 Å². The molecule has 0 unspecified atom stereocenters. The lowest BCUT2D eigenvalue weighted by atomic mass is 9.78. The van der Waals surface area contributed by atoms with Crippen LogP contribution in [0.2, 0.25) is 0 Å². The van der Waals surface area contributed by atoms with Gasteiger partial charge < -0.3 is 103 Å². The van der Waals surface area contributed by atoms with E-state index < -0.39 is 239 Å². The van der Waals surface area contributed by atoms with E-state index in [4.69, 9.17) is 51.0 Å². The molecule has 26 N–H and O–H groups in total. The highest BCUT2D eigenvalue weighted by atomic mass is 16.4. The van der Waals surface area contributed by atoms with E-state index >= 15 is 0 Å². The molecule has 1 aromatic heterocycles. The Morgan fingerprint density at radius 2 is 1.04 bits per heavy atom. The van der Waals surface area contributed by atoms with Gasteiger partial charge in [-0.15, -0.1) is 0 Å². The van der Waals surface area contributed by atoms with Gasteiger partial charge in [0, 0.05) is 126 Å². The fourth-order valence-corrected chi connectivity index (χ4v) is 17.3. The monoisotopic (exact) mass is 1890 g/mol. The molecule has 2 saturated carbocycles. The summed E-state index contributed by atoms with van der Waals surface area (Å²) >= 11 is 0. The maximum Gasteiger partial charge on any atom is 0.303 e. The maximum absolute atomic E-state index is 15.0. The third-order valence-electron chi connectivity index (χ3n) is 25.7. The van der Waals surface area contributed by atoms with Gasteiger partial charge >= 0.3 is 5.97 Å². The summed E-state index contributed by atoms with van der Waals surface area (Å²) in [5, 5.41) is 56.6. The zero-order chi connectivity index (χ0) is 101. The average molecular weight is 1890 g/mol. The number of unbranched alkanes of at least 4 members (excludes halogenated alkanes) is 1. The summed E-state index contributed by atoms with van der Waals surface area (Å²) in [5.41, 5.74) is 41.6. The number of ketones is 8. The number of guanidine groups is 2. The number of aromatic nitrogens is 1. The van der Waals surface area contributed by atoms with Gasteiger partial charge in [-0.3, -0.25) is 101 Å². The Morgan fingerprint density at radius 1 is 0.545 bits per heavy atom. The molecular weight excluding hydrogens is 1730 g/mol. The van der Waals surface area contributed by atoms with E-state index in [0.717, 1.165) is 69.1 Å². The first-order valence-corrected chi connectivity index (χ1v) is 47.3. The predicted molar refractivity (Wildman–Crippen MR) is 500 cm³/mol. The normalized spacial score (nSPS) is 17.9. The van der Waals surface area contributed by atoms with Crippen LogP contribution in [0.3, 0.4) is 0 Å². The number of aliphatic hydroxyl groups is 3. The first-order valence-electron chi connectivity index (χ1n) is 47.3. The number of aliphatic imine (C=N–C) groups is 2. The molecule has 2 heterocycles. The smallest absolute Gasteiger partial charge is 0.303 e. The van der Waals surface area contributed by atoms with Crippen molar-refractivity contribution >= 4 is 117 Å². The molecule has 15 atom stereocenters. The number of β-amino-alcohol motifs (C(OH)–C–C–N with tert-alkyl or cyclic N) is 1. The summed E-state index contributed by atoms with van der Waals surface area (Å²) in [6.45, 7) is 14.5. The van der Waals surface area contributed by atoms with Gasteiger partial charge in [-0.1, -0.05) is 113 Å². The molecule has 754 valence electrons. The molecule has 40 heteroatoms. The van der Waals surface area contributed by atoms with Crippen LogP contribution >= 0.6 is 0 Å². The summed E-state index contributed by atoms with van der Waals surface area (Å²) in [4.78, 5) is 255. The molecule has 1 aliphatic heterocycles. The van der Waals surface area contributed by atoms with Crippen LogP contribution in [0.5, 0.6) is 0 Å². The van der Waals surface area contributed by atoms with Gasteiger partial charge in [0.2, 0.25) is 53.2 Å². The fourth-order valence-electron chi connectivity index (χ4n) is 17.3. The van der Waals surface area contributed by atoms with Crippen molar-refractivity contribution in [3.8, 4) is 0 Å². The fraction of sp³-hybridized carbons (Fsp3) is 0.734. The number of pyridine rings is 1. The van der Waals surface area contributed by atoms with E-state index in [1.165, 1.54) is 40.2 Å². The number of carbonyl (C=O) groups is 18. The number of aliphatic hydroxyl groups excluding tert-OH is 3. The van der Waals surface area contributed by atoms with Crippen LogP contribution in [0.4, 0.5) is 0 Å². The minimum atomic E-state index is -1.49. The Labute approximate surface area is 787 Å². The molecule has 9 amide bonds. The summed E-state index contributed by atoms with van der Waals surface area (Å²) in [6.07, 6.45) is 8.62. The van der Waals surface area contributed by atoms with Crippen molar-refractivity contribution in [2.24, 2.45) is 114 Å². The second-order valence-corrected chi connectivity index (χ2v) is 38.9. The zero-order valence-electron chi connectivity index (χ0n) is 80.4. The summed E-state index contributed by atoms with van der Waals surface area (Å²) in [5.74, 6) is -17.0. The Hall–Kier alpha value is -10.4. The van der Waals surface area contributed by atoms with Crippen molar-refractivity contribution in [3.05, 3.63) is 30.1 Å². The zero-order valence-corrected chi connectivity index (χ0v) is 80.4. The van der Waals surface area contributed by atoms with Crippen molar-refractivity contribution < 1.29 is 107 Å². The van der Waals surface area contributed by atoms with Crippen molar-refractivity contribution in [3.63, 3.8) is 0 Å². The number of aliphatic carboxylic acids is 1. The molecule has 2 aliphatic carbocycles. The number of nitrogens with zero attached hydrogens (tertiary/aromatic N) is 4. The highest BCUT2D eigenvalue weighted by Gasteiger charge is 2.47. The number of carbonyl (C=O) groups excluding carboxylic acids is 17. The number of rotatable bonds is 64. The van der Waals surface area contributed by atoms with Crippen LogP contribution in [0.15, 0.2) is 34.5 Å². The largest absolute Gasteiger partial charge is 0.481 e. The maximum atomic E-state index is 15.0. The Balaban J connectivity index is 0.000000776. The number of primary amides is 3. The molecule has 0 aromatic carbocycles.